The average Bonchev–Trinajstić information content (AvgIpc) is 2.84. The molecule has 0 aliphatic carbocycles. The van der Waals surface area contributed by atoms with Crippen LogP contribution in [0.15, 0.2) is 35.5 Å². The van der Waals surface area contributed by atoms with Gasteiger partial charge in [0.05, 0.1) is 0 Å². The van der Waals surface area contributed by atoms with Crippen LogP contribution in [0.4, 0.5) is 0 Å². The molecule has 0 radical (unpaired) electrons. The van der Waals surface area contributed by atoms with Gasteiger partial charge >= 0.3 is 0 Å². The molecule has 2 aromatic rings. The average molecular weight is 325 g/mol. The van der Waals surface area contributed by atoms with Crippen molar-refractivity contribution in [3.8, 4) is 0 Å². The van der Waals surface area contributed by atoms with E-state index in [1.807, 2.05) is 28.9 Å². The van der Waals surface area contributed by atoms with Gasteiger partial charge in [0.2, 0.25) is 0 Å². The van der Waals surface area contributed by atoms with Crippen LogP contribution in [0.3, 0.4) is 0 Å². The van der Waals surface area contributed by atoms with Crippen LogP contribution in [0, 0.1) is 5.92 Å². The van der Waals surface area contributed by atoms with Gasteiger partial charge in [0, 0.05) is 34.7 Å². The van der Waals surface area contributed by atoms with E-state index in [1.54, 1.807) is 18.1 Å². The molecule has 6 heteroatoms. The third-order valence-corrected chi connectivity index (χ3v) is 4.41. The lowest BCUT2D eigenvalue weighted by Gasteiger charge is -2.13. The molecule has 114 valence electrons. The lowest BCUT2D eigenvalue weighted by molar-refractivity contribution is 0.461. The van der Waals surface area contributed by atoms with Crippen LogP contribution in [0.2, 0.25) is 5.02 Å². The summed E-state index contributed by atoms with van der Waals surface area (Å²) >= 11 is 7.61. The number of thioether (sulfide) groups is 1. The summed E-state index contributed by atoms with van der Waals surface area (Å²) in [5, 5.41) is 5.02. The number of rotatable bonds is 7. The Morgan fingerprint density at radius 3 is 2.67 bits per heavy atom. The zero-order chi connectivity index (χ0) is 15.2. The molecule has 1 atom stereocenters. The number of hydrogen-bond donors (Lipinski definition) is 1. The minimum absolute atomic E-state index is 0.0563. The van der Waals surface area contributed by atoms with Crippen molar-refractivity contribution in [2.45, 2.75) is 37.8 Å². The van der Waals surface area contributed by atoms with Gasteiger partial charge in [0.25, 0.3) is 0 Å². The first-order chi connectivity index (χ1) is 10.0. The monoisotopic (exact) mass is 324 g/mol. The van der Waals surface area contributed by atoms with Gasteiger partial charge in [0.1, 0.15) is 12.2 Å². The van der Waals surface area contributed by atoms with Gasteiger partial charge in [-0.05, 0) is 30.2 Å². The minimum Gasteiger partial charge on any atom is -0.327 e. The summed E-state index contributed by atoms with van der Waals surface area (Å²) in [6, 6.07) is 7.88. The smallest absolute Gasteiger partial charge is 0.138 e. The first kappa shape index (κ1) is 16.3. The van der Waals surface area contributed by atoms with Crippen molar-refractivity contribution in [1.82, 2.24) is 14.8 Å². The third kappa shape index (κ3) is 5.34. The van der Waals surface area contributed by atoms with E-state index < -0.39 is 0 Å². The Hall–Kier alpha value is -1.04. The highest BCUT2D eigenvalue weighted by atomic mass is 35.5. The standard InChI is InChI=1S/C15H21ClN4S/c1-11(2)8-20-15(18-10-19-20)7-13(17)9-21-14-5-3-12(16)4-6-14/h3-6,10-11,13H,7-9,17H2,1-2H3. The Balaban J connectivity index is 1.85. The molecule has 21 heavy (non-hydrogen) atoms. The molecule has 2 N–H and O–H groups in total. The molecule has 0 saturated carbocycles. The van der Waals surface area contributed by atoms with Gasteiger partial charge in [-0.25, -0.2) is 9.67 Å². The molecule has 0 spiro atoms. The number of benzene rings is 1. The molecule has 0 aliphatic heterocycles. The van der Waals surface area contributed by atoms with Crippen molar-refractivity contribution in [1.29, 1.82) is 0 Å². The number of halogens is 1. The van der Waals surface area contributed by atoms with Crippen LogP contribution in [-0.4, -0.2) is 26.6 Å². The van der Waals surface area contributed by atoms with Gasteiger partial charge < -0.3 is 5.73 Å². The van der Waals surface area contributed by atoms with Gasteiger partial charge in [-0.15, -0.1) is 11.8 Å². The Morgan fingerprint density at radius 1 is 1.29 bits per heavy atom. The van der Waals surface area contributed by atoms with E-state index in [9.17, 15) is 0 Å². The first-order valence-electron chi connectivity index (χ1n) is 7.05. The highest BCUT2D eigenvalue weighted by Gasteiger charge is 2.11. The maximum atomic E-state index is 6.21. The van der Waals surface area contributed by atoms with Crippen molar-refractivity contribution in [3.05, 3.63) is 41.4 Å². The fraction of sp³-hybridized carbons (Fsp3) is 0.467. The molecular weight excluding hydrogens is 304 g/mol. The molecule has 2 rings (SSSR count). The highest BCUT2D eigenvalue weighted by Crippen LogP contribution is 2.21. The van der Waals surface area contributed by atoms with Crippen molar-refractivity contribution in [2.24, 2.45) is 11.7 Å². The lowest BCUT2D eigenvalue weighted by atomic mass is 10.2. The maximum absolute atomic E-state index is 6.21. The first-order valence-corrected chi connectivity index (χ1v) is 8.41. The van der Waals surface area contributed by atoms with E-state index in [0.29, 0.717) is 5.92 Å². The quantitative estimate of drug-likeness (QED) is 0.794. The van der Waals surface area contributed by atoms with E-state index in [1.165, 1.54) is 4.90 Å². The van der Waals surface area contributed by atoms with E-state index in [4.69, 9.17) is 17.3 Å². The van der Waals surface area contributed by atoms with Gasteiger partial charge in [-0.3, -0.25) is 0 Å². The summed E-state index contributed by atoms with van der Waals surface area (Å²) in [5.74, 6) is 2.36. The SMILES string of the molecule is CC(C)Cn1ncnc1CC(N)CSc1ccc(Cl)cc1. The van der Waals surface area contributed by atoms with Gasteiger partial charge in [-0.1, -0.05) is 25.4 Å². The summed E-state index contributed by atoms with van der Waals surface area (Å²) in [4.78, 5) is 5.50. The molecule has 0 fully saturated rings. The van der Waals surface area contributed by atoms with E-state index >= 15 is 0 Å². The zero-order valence-corrected chi connectivity index (χ0v) is 13.9. The molecule has 0 amide bonds. The predicted octanol–water partition coefficient (Wildman–Crippen LogP) is 3.25. The summed E-state index contributed by atoms with van der Waals surface area (Å²) in [6.07, 6.45) is 2.35. The lowest BCUT2D eigenvalue weighted by Crippen LogP contribution is -2.27. The molecule has 0 aliphatic rings. The Bertz CT molecular complexity index is 553. The molecule has 1 aromatic heterocycles. The number of nitrogens with two attached hydrogens (primary N) is 1. The van der Waals surface area contributed by atoms with Crippen molar-refractivity contribution in [2.75, 3.05) is 5.75 Å². The van der Waals surface area contributed by atoms with E-state index in [-0.39, 0.29) is 6.04 Å². The molecular formula is C15H21ClN4S. The largest absolute Gasteiger partial charge is 0.327 e. The summed E-state index contributed by atoms with van der Waals surface area (Å²) in [5.41, 5.74) is 6.21. The van der Waals surface area contributed by atoms with Gasteiger partial charge in [0.15, 0.2) is 0 Å². The Labute approximate surface area is 135 Å². The molecule has 0 bridgehead atoms. The second-order valence-electron chi connectivity index (χ2n) is 5.48. The number of hydrogen-bond acceptors (Lipinski definition) is 4. The summed E-state index contributed by atoms with van der Waals surface area (Å²) in [7, 11) is 0. The summed E-state index contributed by atoms with van der Waals surface area (Å²) in [6.45, 7) is 5.22. The second kappa shape index (κ2) is 7.82. The fourth-order valence-electron chi connectivity index (χ4n) is 1.97. The van der Waals surface area contributed by atoms with Crippen molar-refractivity contribution < 1.29 is 0 Å². The minimum atomic E-state index is 0.0563. The van der Waals surface area contributed by atoms with E-state index in [2.05, 4.69) is 23.9 Å². The Kier molecular flexibility index (Phi) is 6.08. The van der Waals surface area contributed by atoms with Crippen LogP contribution >= 0.6 is 23.4 Å². The van der Waals surface area contributed by atoms with Gasteiger partial charge in [-0.2, -0.15) is 5.10 Å². The van der Waals surface area contributed by atoms with Crippen molar-refractivity contribution in [3.63, 3.8) is 0 Å². The highest BCUT2D eigenvalue weighted by molar-refractivity contribution is 7.99. The predicted molar refractivity (Wildman–Crippen MR) is 88.7 cm³/mol. The van der Waals surface area contributed by atoms with Crippen LogP contribution in [0.25, 0.3) is 0 Å². The molecule has 1 aromatic carbocycles. The molecule has 4 nitrogen and oxygen atoms in total. The van der Waals surface area contributed by atoms with Crippen molar-refractivity contribution >= 4 is 23.4 Å². The normalized spacial score (nSPS) is 12.8. The Morgan fingerprint density at radius 2 is 2.00 bits per heavy atom. The van der Waals surface area contributed by atoms with Crippen LogP contribution < -0.4 is 5.73 Å². The van der Waals surface area contributed by atoms with Crippen LogP contribution in [0.1, 0.15) is 19.7 Å². The number of aromatic nitrogens is 3. The fourth-order valence-corrected chi connectivity index (χ4v) is 2.95. The van der Waals surface area contributed by atoms with E-state index in [0.717, 1.165) is 29.6 Å². The molecule has 0 saturated heterocycles. The second-order valence-corrected chi connectivity index (χ2v) is 7.01. The molecule has 1 heterocycles. The summed E-state index contributed by atoms with van der Waals surface area (Å²) < 4.78 is 1.96. The van der Waals surface area contributed by atoms with Crippen LogP contribution in [0.5, 0.6) is 0 Å². The topological polar surface area (TPSA) is 56.7 Å². The van der Waals surface area contributed by atoms with Crippen LogP contribution in [-0.2, 0) is 13.0 Å². The number of nitrogens with zero attached hydrogens (tertiary/aromatic N) is 3. The third-order valence-electron chi connectivity index (χ3n) is 2.96. The zero-order valence-electron chi connectivity index (χ0n) is 12.4. The maximum Gasteiger partial charge on any atom is 0.138 e. The molecule has 1 unspecified atom stereocenters.